The van der Waals surface area contributed by atoms with Gasteiger partial charge in [0.1, 0.15) is 5.82 Å². The lowest BCUT2D eigenvalue weighted by molar-refractivity contribution is 0.700. The maximum Gasteiger partial charge on any atom is 0.121 e. The van der Waals surface area contributed by atoms with Crippen LogP contribution < -0.4 is 5.32 Å². The van der Waals surface area contributed by atoms with E-state index >= 15 is 0 Å². The molecule has 0 aliphatic carbocycles. The second-order valence-corrected chi connectivity index (χ2v) is 4.50. The largest absolute Gasteiger partial charge is 0.341 e. The second kappa shape index (κ2) is 4.33. The monoisotopic (exact) mass is 267 g/mol. The summed E-state index contributed by atoms with van der Waals surface area (Å²) in [5, 5.41) is 3.25. The van der Waals surface area contributed by atoms with Gasteiger partial charge in [-0.1, -0.05) is 22.9 Å². The SMILES string of the molecule is CCNCc1nc2c(C)cc(Br)cc2[nH]1. The zero-order chi connectivity index (χ0) is 10.8. The molecule has 3 nitrogen and oxygen atoms in total. The Morgan fingerprint density at radius 1 is 1.47 bits per heavy atom. The summed E-state index contributed by atoms with van der Waals surface area (Å²) in [5.74, 6) is 0.994. The van der Waals surface area contributed by atoms with Gasteiger partial charge in [-0.15, -0.1) is 0 Å². The van der Waals surface area contributed by atoms with Gasteiger partial charge in [0.25, 0.3) is 0 Å². The molecule has 0 bridgehead atoms. The number of aromatic amines is 1. The molecule has 1 heterocycles. The lowest BCUT2D eigenvalue weighted by atomic mass is 10.2. The number of halogens is 1. The van der Waals surface area contributed by atoms with Crippen LogP contribution in [-0.4, -0.2) is 16.5 Å². The normalized spacial score (nSPS) is 11.1. The summed E-state index contributed by atoms with van der Waals surface area (Å²) >= 11 is 3.48. The molecule has 0 atom stereocenters. The molecule has 80 valence electrons. The van der Waals surface area contributed by atoms with Crippen molar-refractivity contribution in [3.63, 3.8) is 0 Å². The number of hydrogen-bond donors (Lipinski definition) is 2. The van der Waals surface area contributed by atoms with Gasteiger partial charge in [-0.2, -0.15) is 0 Å². The highest BCUT2D eigenvalue weighted by atomic mass is 79.9. The maximum atomic E-state index is 4.55. The quantitative estimate of drug-likeness (QED) is 0.898. The van der Waals surface area contributed by atoms with Crippen LogP contribution in [0, 0.1) is 6.92 Å². The van der Waals surface area contributed by atoms with Crippen molar-refractivity contribution in [1.29, 1.82) is 0 Å². The third-order valence-corrected chi connectivity index (χ3v) is 2.79. The molecule has 2 rings (SSSR count). The summed E-state index contributed by atoms with van der Waals surface area (Å²) in [7, 11) is 0. The molecule has 15 heavy (non-hydrogen) atoms. The molecule has 1 aromatic heterocycles. The number of H-pyrrole nitrogens is 1. The summed E-state index contributed by atoms with van der Waals surface area (Å²) in [4.78, 5) is 7.86. The molecule has 2 aromatic rings. The van der Waals surface area contributed by atoms with E-state index in [9.17, 15) is 0 Å². The van der Waals surface area contributed by atoms with Crippen LogP contribution in [0.3, 0.4) is 0 Å². The molecule has 0 amide bonds. The molecule has 0 unspecified atom stereocenters. The van der Waals surface area contributed by atoms with Gasteiger partial charge < -0.3 is 10.3 Å². The van der Waals surface area contributed by atoms with Crippen LogP contribution in [0.5, 0.6) is 0 Å². The van der Waals surface area contributed by atoms with Crippen LogP contribution in [0.15, 0.2) is 16.6 Å². The molecule has 1 aromatic carbocycles. The Hall–Kier alpha value is -0.870. The van der Waals surface area contributed by atoms with Crippen LogP contribution in [-0.2, 0) is 6.54 Å². The Bertz CT molecular complexity index is 476. The van der Waals surface area contributed by atoms with Crippen LogP contribution in [0.1, 0.15) is 18.3 Å². The Morgan fingerprint density at radius 2 is 2.27 bits per heavy atom. The first-order valence-corrected chi connectivity index (χ1v) is 5.85. The van der Waals surface area contributed by atoms with E-state index in [1.807, 2.05) is 0 Å². The number of aromatic nitrogens is 2. The highest BCUT2D eigenvalue weighted by molar-refractivity contribution is 9.10. The van der Waals surface area contributed by atoms with Crippen LogP contribution in [0.25, 0.3) is 11.0 Å². The van der Waals surface area contributed by atoms with Crippen molar-refractivity contribution in [2.75, 3.05) is 6.54 Å². The smallest absolute Gasteiger partial charge is 0.121 e. The average molecular weight is 268 g/mol. The molecule has 0 saturated heterocycles. The van der Waals surface area contributed by atoms with Crippen LogP contribution >= 0.6 is 15.9 Å². The zero-order valence-electron chi connectivity index (χ0n) is 8.89. The Labute approximate surface area is 97.4 Å². The van der Waals surface area contributed by atoms with E-state index in [1.54, 1.807) is 0 Å². The number of hydrogen-bond acceptors (Lipinski definition) is 2. The number of benzene rings is 1. The fourth-order valence-corrected chi connectivity index (χ4v) is 2.20. The number of fused-ring (bicyclic) bond motifs is 1. The lowest BCUT2D eigenvalue weighted by Gasteiger charge is -1.94. The van der Waals surface area contributed by atoms with Gasteiger partial charge >= 0.3 is 0 Å². The van der Waals surface area contributed by atoms with Gasteiger partial charge in [-0.3, -0.25) is 0 Å². The van der Waals surface area contributed by atoms with E-state index in [0.717, 1.165) is 34.4 Å². The Morgan fingerprint density at radius 3 is 3.00 bits per heavy atom. The van der Waals surface area contributed by atoms with Crippen LogP contribution in [0.4, 0.5) is 0 Å². The van der Waals surface area contributed by atoms with Crippen molar-refractivity contribution in [2.24, 2.45) is 0 Å². The van der Waals surface area contributed by atoms with E-state index in [1.165, 1.54) is 5.56 Å². The van der Waals surface area contributed by atoms with Gasteiger partial charge in [-0.25, -0.2) is 4.98 Å². The zero-order valence-corrected chi connectivity index (χ0v) is 10.5. The van der Waals surface area contributed by atoms with Gasteiger partial charge in [0, 0.05) is 4.47 Å². The minimum Gasteiger partial charge on any atom is -0.341 e. The van der Waals surface area contributed by atoms with E-state index < -0.39 is 0 Å². The number of nitrogens with zero attached hydrogens (tertiary/aromatic N) is 1. The third kappa shape index (κ3) is 2.21. The molecule has 4 heteroatoms. The second-order valence-electron chi connectivity index (χ2n) is 3.58. The lowest BCUT2D eigenvalue weighted by Crippen LogP contribution is -2.12. The number of imidazole rings is 1. The van der Waals surface area contributed by atoms with Gasteiger partial charge in [-0.05, 0) is 31.2 Å². The summed E-state index contributed by atoms with van der Waals surface area (Å²) in [6.45, 7) is 5.91. The van der Waals surface area contributed by atoms with E-state index in [2.05, 4.69) is 57.2 Å². The summed E-state index contributed by atoms with van der Waals surface area (Å²) in [6, 6.07) is 4.14. The van der Waals surface area contributed by atoms with E-state index in [4.69, 9.17) is 0 Å². The van der Waals surface area contributed by atoms with Gasteiger partial charge in [0.15, 0.2) is 0 Å². The van der Waals surface area contributed by atoms with E-state index in [0.29, 0.717) is 0 Å². The molecule has 2 N–H and O–H groups in total. The molecule has 0 radical (unpaired) electrons. The first kappa shape index (κ1) is 10.6. The molecule has 0 fully saturated rings. The van der Waals surface area contributed by atoms with E-state index in [-0.39, 0.29) is 0 Å². The highest BCUT2D eigenvalue weighted by Gasteiger charge is 2.05. The van der Waals surface area contributed by atoms with Crippen molar-refractivity contribution in [1.82, 2.24) is 15.3 Å². The first-order valence-electron chi connectivity index (χ1n) is 5.06. The highest BCUT2D eigenvalue weighted by Crippen LogP contribution is 2.21. The summed E-state index contributed by atoms with van der Waals surface area (Å²) in [6.07, 6.45) is 0. The third-order valence-electron chi connectivity index (χ3n) is 2.33. The Kier molecular flexibility index (Phi) is 3.07. The molecule has 0 spiro atoms. The van der Waals surface area contributed by atoms with Crippen LogP contribution in [0.2, 0.25) is 0 Å². The Balaban J connectivity index is 2.41. The number of rotatable bonds is 3. The molecular formula is C11H14BrN3. The molecule has 0 aliphatic heterocycles. The van der Waals surface area contributed by atoms with Crippen molar-refractivity contribution in [3.05, 3.63) is 28.0 Å². The van der Waals surface area contributed by atoms with Crippen molar-refractivity contribution in [3.8, 4) is 0 Å². The summed E-state index contributed by atoms with van der Waals surface area (Å²) in [5.41, 5.74) is 3.35. The summed E-state index contributed by atoms with van der Waals surface area (Å²) < 4.78 is 1.09. The van der Waals surface area contributed by atoms with Crippen molar-refractivity contribution < 1.29 is 0 Å². The molecule has 0 saturated carbocycles. The van der Waals surface area contributed by atoms with Gasteiger partial charge in [0.05, 0.1) is 17.6 Å². The first-order chi connectivity index (χ1) is 7.20. The standard InChI is InChI=1S/C11H14BrN3/c1-3-13-6-10-14-9-5-8(12)4-7(2)11(9)15-10/h4-5,13H,3,6H2,1-2H3,(H,14,15). The topological polar surface area (TPSA) is 40.7 Å². The van der Waals surface area contributed by atoms with Crippen molar-refractivity contribution in [2.45, 2.75) is 20.4 Å². The molecular weight excluding hydrogens is 254 g/mol. The predicted octanol–water partition coefficient (Wildman–Crippen LogP) is 2.74. The minimum absolute atomic E-state index is 0.794. The molecule has 0 aliphatic rings. The number of nitrogens with one attached hydrogen (secondary N) is 2. The predicted molar refractivity (Wildman–Crippen MR) is 65.9 cm³/mol. The number of aryl methyl sites for hydroxylation is 1. The average Bonchev–Trinajstić information content (AvgIpc) is 2.57. The fraction of sp³-hybridized carbons (Fsp3) is 0.364. The minimum atomic E-state index is 0.794. The van der Waals surface area contributed by atoms with Gasteiger partial charge in [0.2, 0.25) is 0 Å². The van der Waals surface area contributed by atoms with Crippen molar-refractivity contribution >= 4 is 27.0 Å². The fourth-order valence-electron chi connectivity index (χ4n) is 1.62. The maximum absolute atomic E-state index is 4.55.